The number of fused-ring (bicyclic) bond motifs is 3. The summed E-state index contributed by atoms with van der Waals surface area (Å²) in [5.74, 6) is 1.82. The third-order valence-electron chi connectivity index (χ3n) is 6.17. The highest BCUT2D eigenvalue weighted by molar-refractivity contribution is 7.26. The largest absolute Gasteiger partial charge is 0.299 e. The molecule has 0 amide bonds. The van der Waals surface area contributed by atoms with Gasteiger partial charge in [0.2, 0.25) is 0 Å². The summed E-state index contributed by atoms with van der Waals surface area (Å²) in [7, 11) is 0. The van der Waals surface area contributed by atoms with Crippen LogP contribution in [0.25, 0.3) is 37.2 Å². The molecule has 3 aromatic carbocycles. The van der Waals surface area contributed by atoms with Crippen LogP contribution in [0.2, 0.25) is 0 Å². The number of hydrogen-bond acceptors (Lipinski definition) is 2. The highest BCUT2D eigenvalue weighted by Gasteiger charge is 2.24. The van der Waals surface area contributed by atoms with Crippen molar-refractivity contribution in [3.8, 4) is 17.1 Å². The van der Waals surface area contributed by atoms with Gasteiger partial charge < -0.3 is 0 Å². The second-order valence-corrected chi connectivity index (χ2v) is 10.0. The quantitative estimate of drug-likeness (QED) is 0.283. The van der Waals surface area contributed by atoms with Gasteiger partial charge in [-0.15, -0.1) is 11.3 Å². The number of nitrogens with zero attached hydrogens (tertiary/aromatic N) is 2. The Morgan fingerprint density at radius 3 is 2.35 bits per heavy atom. The molecule has 156 valence electrons. The summed E-state index contributed by atoms with van der Waals surface area (Å²) in [6, 6.07) is 19.8. The molecule has 2 aromatic heterocycles. The Balaban J connectivity index is 1.91. The van der Waals surface area contributed by atoms with Crippen molar-refractivity contribution in [1.82, 2.24) is 9.55 Å². The van der Waals surface area contributed by atoms with E-state index in [0.29, 0.717) is 11.8 Å². The van der Waals surface area contributed by atoms with E-state index in [1.807, 2.05) is 17.5 Å². The summed E-state index contributed by atoms with van der Waals surface area (Å²) in [6.07, 6.45) is 4.07. The number of thiophene rings is 1. The van der Waals surface area contributed by atoms with Gasteiger partial charge in [-0.25, -0.2) is 4.98 Å². The molecule has 2 nitrogen and oxygen atoms in total. The Morgan fingerprint density at radius 2 is 1.61 bits per heavy atom. The summed E-state index contributed by atoms with van der Waals surface area (Å²) < 4.78 is 5.09. The highest BCUT2D eigenvalue weighted by Crippen LogP contribution is 2.45. The fraction of sp³-hybridized carbons (Fsp3) is 0.250. The molecule has 3 heteroatoms. The van der Waals surface area contributed by atoms with E-state index in [-0.39, 0.29) is 0 Å². The van der Waals surface area contributed by atoms with Crippen LogP contribution in [-0.2, 0) is 0 Å². The molecule has 0 saturated heterocycles. The summed E-state index contributed by atoms with van der Waals surface area (Å²) in [6.45, 7) is 11.4. The molecule has 0 bridgehead atoms. The Bertz CT molecular complexity index is 1400. The van der Waals surface area contributed by atoms with E-state index in [1.54, 1.807) is 0 Å². The van der Waals surface area contributed by atoms with Gasteiger partial charge in [0.25, 0.3) is 0 Å². The van der Waals surface area contributed by atoms with Crippen molar-refractivity contribution in [3.63, 3.8) is 0 Å². The molecule has 0 aliphatic carbocycles. The minimum absolute atomic E-state index is 0.399. The van der Waals surface area contributed by atoms with Crippen LogP contribution in [0.1, 0.15) is 56.2 Å². The number of aryl methyl sites for hydroxylation is 1. The first-order valence-electron chi connectivity index (χ1n) is 11.0. The van der Waals surface area contributed by atoms with Crippen molar-refractivity contribution in [1.29, 1.82) is 0 Å². The standard InChI is InChI=1S/C28H28N2S/c1-17(2)22-16-23-21-12-8-9-13-24(21)31-27(23)25(18(3)4)26(22)30-15-14-29-28(30)20-11-7-6-10-19(20)5/h6-18H,1-5H3. The Labute approximate surface area is 188 Å². The van der Waals surface area contributed by atoms with Gasteiger partial charge in [0.1, 0.15) is 5.82 Å². The normalized spacial score (nSPS) is 12.0. The molecule has 5 aromatic rings. The maximum Gasteiger partial charge on any atom is 0.144 e. The second kappa shape index (κ2) is 7.65. The number of rotatable bonds is 4. The molecule has 5 rings (SSSR count). The van der Waals surface area contributed by atoms with Gasteiger partial charge in [0, 0.05) is 38.1 Å². The van der Waals surface area contributed by atoms with Gasteiger partial charge in [-0.2, -0.15) is 0 Å². The topological polar surface area (TPSA) is 17.8 Å². The van der Waals surface area contributed by atoms with Gasteiger partial charge in [-0.05, 0) is 47.6 Å². The molecule has 0 radical (unpaired) electrons. The van der Waals surface area contributed by atoms with Crippen LogP contribution in [0.15, 0.2) is 67.0 Å². The van der Waals surface area contributed by atoms with E-state index >= 15 is 0 Å². The average molecular weight is 425 g/mol. The zero-order valence-electron chi connectivity index (χ0n) is 18.8. The molecule has 0 fully saturated rings. The zero-order chi connectivity index (χ0) is 21.7. The van der Waals surface area contributed by atoms with Crippen molar-refractivity contribution >= 4 is 31.5 Å². The Morgan fingerprint density at radius 1 is 0.871 bits per heavy atom. The zero-order valence-corrected chi connectivity index (χ0v) is 19.6. The van der Waals surface area contributed by atoms with E-state index in [2.05, 4.69) is 100.0 Å². The first kappa shape index (κ1) is 20.0. The van der Waals surface area contributed by atoms with E-state index < -0.39 is 0 Å². The SMILES string of the molecule is Cc1ccccc1-c1nccn1-c1c(C(C)C)cc2c(sc3ccccc32)c1C(C)C. The molecule has 31 heavy (non-hydrogen) atoms. The minimum Gasteiger partial charge on any atom is -0.299 e. The van der Waals surface area contributed by atoms with E-state index in [1.165, 1.54) is 48.1 Å². The number of hydrogen-bond donors (Lipinski definition) is 0. The van der Waals surface area contributed by atoms with E-state index in [4.69, 9.17) is 4.98 Å². The molecular weight excluding hydrogens is 396 g/mol. The molecule has 0 aliphatic heterocycles. The lowest BCUT2D eigenvalue weighted by atomic mass is 9.90. The van der Waals surface area contributed by atoms with Crippen LogP contribution >= 0.6 is 11.3 Å². The fourth-order valence-electron chi connectivity index (χ4n) is 4.65. The van der Waals surface area contributed by atoms with Crippen LogP contribution < -0.4 is 0 Å². The number of benzene rings is 3. The smallest absolute Gasteiger partial charge is 0.144 e. The number of aromatic nitrogens is 2. The van der Waals surface area contributed by atoms with E-state index in [0.717, 1.165) is 5.82 Å². The lowest BCUT2D eigenvalue weighted by Gasteiger charge is -2.23. The minimum atomic E-state index is 0.399. The molecule has 2 heterocycles. The summed E-state index contributed by atoms with van der Waals surface area (Å²) >= 11 is 1.92. The van der Waals surface area contributed by atoms with Crippen LogP contribution in [0, 0.1) is 6.92 Å². The second-order valence-electron chi connectivity index (χ2n) is 8.95. The van der Waals surface area contributed by atoms with Crippen molar-refractivity contribution in [2.24, 2.45) is 0 Å². The van der Waals surface area contributed by atoms with Crippen molar-refractivity contribution in [2.45, 2.75) is 46.5 Å². The highest BCUT2D eigenvalue weighted by atomic mass is 32.1. The molecular formula is C28H28N2S. The first-order chi connectivity index (χ1) is 15.0. The number of imidazole rings is 1. The summed E-state index contributed by atoms with van der Waals surface area (Å²) in [5, 5.41) is 2.75. The Kier molecular flexibility index (Phi) is 4.94. The van der Waals surface area contributed by atoms with Crippen LogP contribution in [-0.4, -0.2) is 9.55 Å². The molecule has 0 aliphatic rings. The third kappa shape index (κ3) is 3.19. The predicted molar refractivity (Wildman–Crippen MR) is 135 cm³/mol. The maximum absolute atomic E-state index is 4.81. The molecule has 0 spiro atoms. The molecule has 0 atom stereocenters. The van der Waals surface area contributed by atoms with Gasteiger partial charge in [-0.1, -0.05) is 70.2 Å². The predicted octanol–water partition coefficient (Wildman–Crippen LogP) is 8.46. The lowest BCUT2D eigenvalue weighted by molar-refractivity contribution is 0.815. The lowest BCUT2D eigenvalue weighted by Crippen LogP contribution is -2.08. The molecule has 0 unspecified atom stereocenters. The summed E-state index contributed by atoms with van der Waals surface area (Å²) in [4.78, 5) is 4.81. The Hall–Kier alpha value is -2.91. The van der Waals surface area contributed by atoms with Gasteiger partial charge in [0.15, 0.2) is 0 Å². The van der Waals surface area contributed by atoms with Gasteiger partial charge in [-0.3, -0.25) is 4.57 Å². The average Bonchev–Trinajstić information content (AvgIpc) is 3.37. The maximum atomic E-state index is 4.81. The van der Waals surface area contributed by atoms with Gasteiger partial charge >= 0.3 is 0 Å². The van der Waals surface area contributed by atoms with Crippen molar-refractivity contribution < 1.29 is 0 Å². The first-order valence-corrected chi connectivity index (χ1v) is 11.9. The van der Waals surface area contributed by atoms with Gasteiger partial charge in [0.05, 0.1) is 5.69 Å². The van der Waals surface area contributed by atoms with Crippen molar-refractivity contribution in [2.75, 3.05) is 0 Å². The summed E-state index contributed by atoms with van der Waals surface area (Å²) in [5.41, 5.74) is 6.55. The molecule has 0 saturated carbocycles. The van der Waals surface area contributed by atoms with E-state index in [9.17, 15) is 0 Å². The van der Waals surface area contributed by atoms with Crippen LogP contribution in [0.4, 0.5) is 0 Å². The monoisotopic (exact) mass is 424 g/mol. The fourth-order valence-corrected chi connectivity index (χ4v) is 6.02. The third-order valence-corrected chi connectivity index (χ3v) is 7.39. The van der Waals surface area contributed by atoms with Crippen LogP contribution in [0.3, 0.4) is 0 Å². The van der Waals surface area contributed by atoms with Crippen molar-refractivity contribution in [3.05, 3.63) is 83.7 Å². The molecule has 0 N–H and O–H groups in total. The van der Waals surface area contributed by atoms with Crippen LogP contribution in [0.5, 0.6) is 0 Å².